The highest BCUT2D eigenvalue weighted by molar-refractivity contribution is 7.90. The molecule has 2 aliphatic heterocycles. The maximum absolute atomic E-state index is 13.6. The third kappa shape index (κ3) is 8.61. The number of amides is 3. The van der Waals surface area contributed by atoms with E-state index in [1.165, 1.54) is 21.3 Å². The Balaban J connectivity index is 0.834. The van der Waals surface area contributed by atoms with E-state index >= 15 is 0 Å². The van der Waals surface area contributed by atoms with Gasteiger partial charge in [0.15, 0.2) is 21.5 Å². The van der Waals surface area contributed by atoms with E-state index in [4.69, 9.17) is 4.74 Å². The van der Waals surface area contributed by atoms with Gasteiger partial charge in [0.1, 0.15) is 17.1 Å². The zero-order chi connectivity index (χ0) is 44.9. The lowest BCUT2D eigenvalue weighted by atomic mass is 10.1. The summed E-state index contributed by atoms with van der Waals surface area (Å²) in [7, 11) is 1.59. The zero-order valence-electron chi connectivity index (χ0n) is 35.3. The summed E-state index contributed by atoms with van der Waals surface area (Å²) in [4.78, 5) is 77.3. The van der Waals surface area contributed by atoms with Crippen LogP contribution in [0.4, 0.5) is 17.2 Å². The second kappa shape index (κ2) is 16.5. The number of Topliss-reactive ketones (excluding diaryl/α,β-unsaturated/α-hetero) is 1. The molecule has 0 unspecified atom stereocenters. The van der Waals surface area contributed by atoms with Crippen LogP contribution in [0, 0.1) is 6.92 Å². The Bertz CT molecular complexity index is 3060. The molecule has 3 amide bonds. The van der Waals surface area contributed by atoms with Crippen LogP contribution in [0.2, 0.25) is 0 Å². The number of aliphatic imine (C=N–C) groups is 1. The second-order valence-corrected chi connectivity index (χ2v) is 18.1. The Morgan fingerprint density at radius 1 is 0.937 bits per heavy atom. The van der Waals surface area contributed by atoms with Crippen molar-refractivity contribution >= 4 is 73.6 Å². The predicted octanol–water partition coefficient (Wildman–Crippen LogP) is 5.41. The molecule has 2 aromatic carbocycles. The number of nitrogens with one attached hydrogen (secondary N) is 2. The summed E-state index contributed by atoms with van der Waals surface area (Å²) in [6.45, 7) is 6.65. The van der Waals surface area contributed by atoms with Gasteiger partial charge in [-0.25, -0.2) is 13.4 Å². The molecule has 1 fully saturated rings. The number of rotatable bonds is 13. The summed E-state index contributed by atoms with van der Waals surface area (Å²) in [6, 6.07) is 12.8. The van der Waals surface area contributed by atoms with Gasteiger partial charge in [0.25, 0.3) is 17.7 Å². The van der Waals surface area contributed by atoms with Crippen molar-refractivity contribution in [3.8, 4) is 5.75 Å². The number of sulfone groups is 1. The second-order valence-electron chi connectivity index (χ2n) is 16.0. The minimum atomic E-state index is -3.42. The largest absolute Gasteiger partial charge is 0.493 e. The summed E-state index contributed by atoms with van der Waals surface area (Å²) in [5.41, 5.74) is 4.89. The Labute approximate surface area is 362 Å². The van der Waals surface area contributed by atoms with E-state index in [9.17, 15) is 32.4 Å². The van der Waals surface area contributed by atoms with Crippen LogP contribution in [0.15, 0.2) is 95.4 Å². The number of hydrogen-bond donors (Lipinski definition) is 2. The maximum atomic E-state index is 13.6. The van der Waals surface area contributed by atoms with E-state index in [2.05, 4.69) is 27.2 Å². The molecular formula is C45H45N9O8S. The number of ether oxygens (including phenoxy) is 1. The highest BCUT2D eigenvalue weighted by Crippen LogP contribution is 2.35. The number of aryl methyl sites for hydroxylation is 4. The number of carbonyl (C=O) groups excluding carboxylic acids is 5. The van der Waals surface area contributed by atoms with Gasteiger partial charge in [-0.05, 0) is 73.4 Å². The first-order valence-corrected chi connectivity index (χ1v) is 22.0. The number of hydrogen-bond acceptors (Lipinski definition) is 10. The molecule has 63 heavy (non-hydrogen) atoms. The molecule has 2 N–H and O–H groups in total. The fraction of sp³-hybridized carbons (Fsp3) is 0.267. The van der Waals surface area contributed by atoms with Gasteiger partial charge in [-0.3, -0.25) is 33.5 Å². The fourth-order valence-electron chi connectivity index (χ4n) is 7.93. The van der Waals surface area contributed by atoms with Crippen molar-refractivity contribution in [2.45, 2.75) is 43.5 Å². The summed E-state index contributed by atoms with van der Waals surface area (Å²) >= 11 is 0. The van der Waals surface area contributed by atoms with Crippen LogP contribution in [0.25, 0.3) is 10.9 Å². The summed E-state index contributed by atoms with van der Waals surface area (Å²) in [6.07, 6.45) is 10.5. The van der Waals surface area contributed by atoms with Crippen LogP contribution in [-0.4, -0.2) is 97.6 Å². The Morgan fingerprint density at radius 2 is 1.71 bits per heavy atom. The molecule has 6 heterocycles. The van der Waals surface area contributed by atoms with Crippen LogP contribution in [0.5, 0.6) is 5.75 Å². The van der Waals surface area contributed by atoms with Crippen LogP contribution in [-0.2, 0) is 42.2 Å². The molecule has 1 atom stereocenters. The maximum Gasteiger partial charge on any atom is 0.279 e. The van der Waals surface area contributed by atoms with E-state index < -0.39 is 15.7 Å². The highest BCUT2D eigenvalue weighted by Gasteiger charge is 2.34. The normalized spacial score (nSPS) is 14.7. The van der Waals surface area contributed by atoms with E-state index in [1.54, 1.807) is 103 Å². The van der Waals surface area contributed by atoms with Crippen molar-refractivity contribution in [3.05, 3.63) is 119 Å². The third-order valence-corrected chi connectivity index (χ3v) is 12.2. The summed E-state index contributed by atoms with van der Waals surface area (Å²) in [5, 5.41) is 6.16. The van der Waals surface area contributed by atoms with Crippen molar-refractivity contribution in [1.82, 2.24) is 28.2 Å². The Morgan fingerprint density at radius 3 is 2.49 bits per heavy atom. The number of aromatic nitrogens is 5. The van der Waals surface area contributed by atoms with Crippen LogP contribution in [0.3, 0.4) is 0 Å². The van der Waals surface area contributed by atoms with Crippen molar-refractivity contribution in [2.24, 2.45) is 26.1 Å². The predicted molar refractivity (Wildman–Crippen MR) is 236 cm³/mol. The van der Waals surface area contributed by atoms with Gasteiger partial charge in [-0.1, -0.05) is 12.2 Å². The lowest BCUT2D eigenvalue weighted by Crippen LogP contribution is -2.35. The molecule has 0 saturated carbocycles. The highest BCUT2D eigenvalue weighted by atomic mass is 32.2. The number of imidazole rings is 1. The van der Waals surface area contributed by atoms with Crippen molar-refractivity contribution < 1.29 is 37.1 Å². The zero-order valence-corrected chi connectivity index (χ0v) is 36.2. The topological polar surface area (TPSA) is 201 Å². The van der Waals surface area contributed by atoms with Crippen molar-refractivity contribution in [3.63, 3.8) is 0 Å². The molecule has 17 nitrogen and oxygen atoms in total. The number of benzene rings is 2. The van der Waals surface area contributed by atoms with Gasteiger partial charge in [0.05, 0.1) is 40.0 Å². The van der Waals surface area contributed by atoms with E-state index in [0.29, 0.717) is 58.5 Å². The average Bonchev–Trinajstić information content (AvgIpc) is 4.05. The number of carbonyl (C=O) groups is 5. The molecule has 2 aliphatic rings. The fourth-order valence-corrected chi connectivity index (χ4v) is 8.59. The molecule has 8 rings (SSSR count). The van der Waals surface area contributed by atoms with Crippen molar-refractivity contribution in [1.29, 1.82) is 0 Å². The molecule has 0 radical (unpaired) electrons. The third-order valence-electron chi connectivity index (χ3n) is 11.1. The Hall–Kier alpha value is -7.34. The molecule has 18 heteroatoms. The number of anilines is 2. The lowest BCUT2D eigenvalue weighted by molar-refractivity contribution is -0.116. The van der Waals surface area contributed by atoms with Crippen LogP contribution >= 0.6 is 0 Å². The lowest BCUT2D eigenvalue weighted by Gasteiger charge is -2.20. The summed E-state index contributed by atoms with van der Waals surface area (Å²) < 4.78 is 36.1. The van der Waals surface area contributed by atoms with Gasteiger partial charge in [0, 0.05) is 89.2 Å². The molecule has 0 aliphatic carbocycles. The average molecular weight is 872 g/mol. The van der Waals surface area contributed by atoms with E-state index in [-0.39, 0.29) is 76.9 Å². The molecule has 1 saturated heterocycles. The summed E-state index contributed by atoms with van der Waals surface area (Å²) in [5.74, 6) is -0.610. The first-order chi connectivity index (χ1) is 29.9. The van der Waals surface area contributed by atoms with Gasteiger partial charge in [0.2, 0.25) is 11.7 Å². The molecule has 4 aromatic heterocycles. The number of fused-ring (bicyclic) bond motifs is 3. The monoisotopic (exact) mass is 871 g/mol. The van der Waals surface area contributed by atoms with Gasteiger partial charge in [-0.15, -0.1) is 0 Å². The standard InChI is InChI=1S/C45H45N9O8S/c1-26-14-31-21-46-34-20-39(27(2)15-33(34)44(58)54(31)22-26)62-13-7-8-41(56)48-40-25-52(5)42(49-40)38(55)17-28-16-36(50(3)23-28)43(57)47-30-19-37(51(4)24-30)45(59)53-12-11-29-18-32(63(6,60)61)9-10-35(29)53/h9-12,15-16,18-21,23-25,31H,1,7-8,13-14,17,22H2,2-6H3,(H,47,57)(H,48,56)/t31-/m0/s1. The van der Waals surface area contributed by atoms with Crippen molar-refractivity contribution in [2.75, 3.05) is 30.0 Å². The van der Waals surface area contributed by atoms with Gasteiger partial charge < -0.3 is 34.0 Å². The molecular weight excluding hydrogens is 827 g/mol. The van der Waals surface area contributed by atoms with Crippen LogP contribution < -0.4 is 15.4 Å². The first kappa shape index (κ1) is 42.4. The SMILES string of the molecule is C=C1C[C@H]2C=Nc3cc(OCCCC(=O)Nc4cn(C)c(C(=O)Cc5cc(C(=O)Nc6cc(C(=O)n7ccc8cc(S(C)(=O)=O)ccc87)n(C)c6)n(C)c5)n4)c(C)cc3C(=O)N2C1. The smallest absolute Gasteiger partial charge is 0.279 e. The number of ketones is 1. The van der Waals surface area contributed by atoms with Crippen LogP contribution in [0.1, 0.15) is 72.3 Å². The molecule has 0 bridgehead atoms. The molecule has 0 spiro atoms. The quantitative estimate of drug-likeness (QED) is 0.0865. The van der Waals surface area contributed by atoms with E-state index in [1.807, 2.05) is 6.92 Å². The minimum Gasteiger partial charge on any atom is -0.493 e. The van der Waals surface area contributed by atoms with E-state index in [0.717, 1.165) is 17.4 Å². The molecule has 324 valence electrons. The number of nitrogens with zero attached hydrogens (tertiary/aromatic N) is 7. The minimum absolute atomic E-state index is 0.0621. The first-order valence-electron chi connectivity index (χ1n) is 20.1. The molecule has 6 aromatic rings. The van der Waals surface area contributed by atoms with Gasteiger partial charge >= 0.3 is 0 Å². The van der Waals surface area contributed by atoms with Gasteiger partial charge in [-0.2, -0.15) is 0 Å². The Kier molecular flexibility index (Phi) is 11.1.